The minimum Gasteiger partial charge on any atom is -0.396 e. The summed E-state index contributed by atoms with van der Waals surface area (Å²) >= 11 is 1.63. The van der Waals surface area contributed by atoms with Crippen LogP contribution in [0, 0.1) is 5.92 Å². The number of aliphatic hydroxyl groups excluding tert-OH is 2. The maximum atomic E-state index is 12.9. The molecule has 4 atom stereocenters. The molecule has 0 bridgehead atoms. The molecular formula is C29H29NO6S. The van der Waals surface area contributed by atoms with E-state index in [0.29, 0.717) is 28.3 Å². The fourth-order valence-electron chi connectivity index (χ4n) is 4.78. The molecule has 0 spiro atoms. The highest BCUT2D eigenvalue weighted by Gasteiger charge is 2.39. The van der Waals surface area contributed by atoms with Gasteiger partial charge in [0.1, 0.15) is 0 Å². The average Bonchev–Trinajstić information content (AvgIpc) is 3.19. The number of hydrogen-bond acceptors (Lipinski definition) is 7. The molecule has 7 nitrogen and oxygen atoms in total. The Morgan fingerprint density at radius 1 is 0.838 bits per heavy atom. The van der Waals surface area contributed by atoms with Gasteiger partial charge in [0.2, 0.25) is 0 Å². The molecular weight excluding hydrogens is 490 g/mol. The van der Waals surface area contributed by atoms with Crippen LogP contribution >= 0.6 is 11.8 Å². The van der Waals surface area contributed by atoms with Gasteiger partial charge in [-0.1, -0.05) is 55.5 Å². The van der Waals surface area contributed by atoms with Gasteiger partial charge in [0.15, 0.2) is 6.29 Å². The molecule has 0 saturated carbocycles. The van der Waals surface area contributed by atoms with Crippen molar-refractivity contribution in [2.24, 2.45) is 5.92 Å². The third-order valence-electron chi connectivity index (χ3n) is 6.86. The summed E-state index contributed by atoms with van der Waals surface area (Å²) in [5.41, 5.74) is 3.91. The number of carbonyl (C=O) groups is 2. The lowest BCUT2D eigenvalue weighted by molar-refractivity contribution is -0.268. The SMILES string of the molecule is CC1C(CSCCO)OC(c2ccc(N3C(=O)c4ccccc4C3=O)cc2)OC1c1ccc(CO)cc1. The van der Waals surface area contributed by atoms with Crippen molar-refractivity contribution in [1.29, 1.82) is 0 Å². The van der Waals surface area contributed by atoms with E-state index in [2.05, 4.69) is 6.92 Å². The predicted octanol–water partition coefficient (Wildman–Crippen LogP) is 4.50. The standard InChI is InChI=1S/C29H29NO6S/c1-18-25(17-37-15-14-31)35-29(36-26(18)20-8-6-19(16-32)7-9-20)21-10-12-22(13-11-21)30-27(33)23-4-2-3-5-24(23)28(30)34/h2-13,18,25-26,29,31-32H,14-17H2,1H3. The monoisotopic (exact) mass is 519 g/mol. The van der Waals surface area contributed by atoms with Crippen molar-refractivity contribution in [3.05, 3.63) is 101 Å². The molecule has 0 aromatic heterocycles. The van der Waals surface area contributed by atoms with Gasteiger partial charge in [0, 0.05) is 23.0 Å². The number of ether oxygens (including phenoxy) is 2. The number of hydrogen-bond donors (Lipinski definition) is 2. The molecule has 3 aromatic rings. The van der Waals surface area contributed by atoms with Crippen molar-refractivity contribution in [1.82, 2.24) is 0 Å². The van der Waals surface area contributed by atoms with E-state index in [4.69, 9.17) is 9.47 Å². The van der Waals surface area contributed by atoms with E-state index in [9.17, 15) is 19.8 Å². The Labute approximate surface area is 220 Å². The first-order chi connectivity index (χ1) is 18.0. The minimum absolute atomic E-state index is 0.0209. The lowest BCUT2D eigenvalue weighted by Gasteiger charge is -2.41. The van der Waals surface area contributed by atoms with Gasteiger partial charge in [-0.3, -0.25) is 9.59 Å². The number of aliphatic hydroxyl groups is 2. The highest BCUT2D eigenvalue weighted by molar-refractivity contribution is 7.99. The predicted molar refractivity (Wildman–Crippen MR) is 141 cm³/mol. The zero-order valence-corrected chi connectivity index (χ0v) is 21.3. The maximum absolute atomic E-state index is 12.9. The molecule has 1 saturated heterocycles. The molecule has 2 amide bonds. The molecule has 5 rings (SSSR count). The Balaban J connectivity index is 1.39. The number of imide groups is 1. The van der Waals surface area contributed by atoms with Crippen LogP contribution < -0.4 is 4.90 Å². The van der Waals surface area contributed by atoms with E-state index < -0.39 is 6.29 Å². The summed E-state index contributed by atoms with van der Waals surface area (Å²) < 4.78 is 12.8. The maximum Gasteiger partial charge on any atom is 0.266 e. The summed E-state index contributed by atoms with van der Waals surface area (Å²) in [6, 6.07) is 21.7. The summed E-state index contributed by atoms with van der Waals surface area (Å²) in [7, 11) is 0. The molecule has 192 valence electrons. The Kier molecular flexibility index (Phi) is 7.73. The van der Waals surface area contributed by atoms with Crippen molar-refractivity contribution in [3.8, 4) is 0 Å². The largest absolute Gasteiger partial charge is 0.396 e. The molecule has 1 fully saturated rings. The molecule has 0 radical (unpaired) electrons. The Bertz CT molecular complexity index is 1230. The summed E-state index contributed by atoms with van der Waals surface area (Å²) in [4.78, 5) is 26.9. The van der Waals surface area contributed by atoms with Crippen LogP contribution in [0.5, 0.6) is 0 Å². The molecule has 2 aliphatic heterocycles. The first-order valence-electron chi connectivity index (χ1n) is 12.3. The van der Waals surface area contributed by atoms with Crippen molar-refractivity contribution < 1.29 is 29.3 Å². The highest BCUT2D eigenvalue weighted by Crippen LogP contribution is 2.43. The van der Waals surface area contributed by atoms with E-state index in [1.165, 1.54) is 4.90 Å². The number of carbonyl (C=O) groups excluding carboxylic acids is 2. The van der Waals surface area contributed by atoms with E-state index in [0.717, 1.165) is 16.7 Å². The minimum atomic E-state index is -0.644. The number of fused-ring (bicyclic) bond motifs is 1. The second-order valence-electron chi connectivity index (χ2n) is 9.20. The van der Waals surface area contributed by atoms with Gasteiger partial charge in [-0.05, 0) is 35.4 Å². The average molecular weight is 520 g/mol. The van der Waals surface area contributed by atoms with Crippen LogP contribution in [0.3, 0.4) is 0 Å². The highest BCUT2D eigenvalue weighted by atomic mass is 32.2. The Morgan fingerprint density at radius 3 is 2.05 bits per heavy atom. The zero-order chi connectivity index (χ0) is 25.9. The first-order valence-corrected chi connectivity index (χ1v) is 13.4. The number of benzene rings is 3. The van der Waals surface area contributed by atoms with Crippen molar-refractivity contribution in [2.75, 3.05) is 23.0 Å². The zero-order valence-electron chi connectivity index (χ0n) is 20.4. The number of amides is 2. The van der Waals surface area contributed by atoms with Gasteiger partial charge in [0.25, 0.3) is 11.8 Å². The van der Waals surface area contributed by atoms with Crippen molar-refractivity contribution in [3.63, 3.8) is 0 Å². The third kappa shape index (κ3) is 5.08. The molecule has 2 heterocycles. The Hall–Kier alpha value is -3.01. The van der Waals surface area contributed by atoms with E-state index in [1.807, 2.05) is 36.4 Å². The van der Waals surface area contributed by atoms with Gasteiger partial charge < -0.3 is 19.7 Å². The van der Waals surface area contributed by atoms with Crippen LogP contribution in [-0.2, 0) is 16.1 Å². The van der Waals surface area contributed by atoms with Crippen LogP contribution in [0.25, 0.3) is 0 Å². The van der Waals surface area contributed by atoms with Crippen molar-refractivity contribution >= 4 is 29.3 Å². The van der Waals surface area contributed by atoms with Crippen LogP contribution in [-0.4, -0.2) is 46.2 Å². The molecule has 3 aromatic carbocycles. The van der Waals surface area contributed by atoms with Crippen LogP contribution in [0.15, 0.2) is 72.8 Å². The summed E-state index contributed by atoms with van der Waals surface area (Å²) in [5.74, 6) is 0.725. The third-order valence-corrected chi connectivity index (χ3v) is 7.89. The normalized spacial score (nSPS) is 23.4. The summed E-state index contributed by atoms with van der Waals surface area (Å²) in [6.07, 6.45) is -0.995. The van der Waals surface area contributed by atoms with E-state index in [1.54, 1.807) is 48.2 Å². The van der Waals surface area contributed by atoms with Crippen LogP contribution in [0.2, 0.25) is 0 Å². The fourth-order valence-corrected chi connectivity index (χ4v) is 5.69. The molecule has 2 aliphatic rings. The fraction of sp³-hybridized carbons (Fsp3) is 0.310. The molecule has 4 unspecified atom stereocenters. The lowest BCUT2D eigenvalue weighted by Crippen LogP contribution is -2.38. The van der Waals surface area contributed by atoms with Gasteiger partial charge >= 0.3 is 0 Å². The second kappa shape index (κ2) is 11.2. The first kappa shape index (κ1) is 25.6. The van der Waals surface area contributed by atoms with Crippen LogP contribution in [0.4, 0.5) is 5.69 Å². The molecule has 8 heteroatoms. The number of rotatable bonds is 8. The molecule has 2 N–H and O–H groups in total. The van der Waals surface area contributed by atoms with E-state index in [-0.39, 0.29) is 43.2 Å². The lowest BCUT2D eigenvalue weighted by atomic mass is 9.91. The Morgan fingerprint density at radius 2 is 1.46 bits per heavy atom. The quantitative estimate of drug-likeness (QED) is 0.334. The molecule has 0 aliphatic carbocycles. The van der Waals surface area contributed by atoms with Gasteiger partial charge in [0.05, 0.1) is 42.2 Å². The summed E-state index contributed by atoms with van der Waals surface area (Å²) in [6.45, 7) is 2.18. The van der Waals surface area contributed by atoms with Gasteiger partial charge in [-0.15, -0.1) is 0 Å². The topological polar surface area (TPSA) is 96.3 Å². The van der Waals surface area contributed by atoms with Crippen LogP contribution in [0.1, 0.15) is 56.7 Å². The number of thioether (sulfide) groups is 1. The summed E-state index contributed by atoms with van der Waals surface area (Å²) in [5, 5.41) is 18.6. The smallest absolute Gasteiger partial charge is 0.266 e. The molecule has 37 heavy (non-hydrogen) atoms. The van der Waals surface area contributed by atoms with Gasteiger partial charge in [-0.2, -0.15) is 11.8 Å². The van der Waals surface area contributed by atoms with Gasteiger partial charge in [-0.25, -0.2) is 4.90 Å². The number of anilines is 1. The van der Waals surface area contributed by atoms with Crippen molar-refractivity contribution in [2.45, 2.75) is 32.0 Å². The second-order valence-corrected chi connectivity index (χ2v) is 10.4. The van der Waals surface area contributed by atoms with E-state index >= 15 is 0 Å². The number of nitrogens with zero attached hydrogens (tertiary/aromatic N) is 1.